The molecule has 258 valence electrons. The van der Waals surface area contributed by atoms with Crippen LogP contribution in [0.4, 0.5) is 5.82 Å². The molecule has 1 saturated heterocycles. The molecule has 11 atom stereocenters. The van der Waals surface area contributed by atoms with Crippen molar-refractivity contribution in [2.75, 3.05) is 33.4 Å². The number of nitrogens with zero attached hydrogens (tertiary/aromatic N) is 3. The monoisotopic (exact) mass is 646 g/mol. The lowest BCUT2D eigenvalue weighted by atomic mass is 9.83. The number of nitro groups is 1. The van der Waals surface area contributed by atoms with Crippen molar-refractivity contribution in [3.8, 4) is 0 Å². The van der Waals surface area contributed by atoms with Crippen molar-refractivity contribution >= 4 is 5.82 Å². The van der Waals surface area contributed by atoms with E-state index in [0.717, 1.165) is 0 Å². The summed E-state index contributed by atoms with van der Waals surface area (Å²) in [4.78, 5) is 13.6. The van der Waals surface area contributed by atoms with Crippen molar-refractivity contribution in [3.63, 3.8) is 0 Å². The van der Waals surface area contributed by atoms with Gasteiger partial charge in [-0.2, -0.15) is 0 Å². The normalized spacial score (nSPS) is 36.8. The Morgan fingerprint density at radius 1 is 1.22 bits per heavy atom. The second kappa shape index (κ2) is 16.5. The summed E-state index contributed by atoms with van der Waals surface area (Å²) < 4.78 is 24.9. The second-order valence-electron chi connectivity index (χ2n) is 11.6. The largest absolute Gasteiger partial charge is 0.467 e. The van der Waals surface area contributed by atoms with Crippen LogP contribution in [0.3, 0.4) is 0 Å². The highest BCUT2D eigenvalue weighted by Crippen LogP contribution is 2.32. The minimum Gasteiger partial charge on any atom is -0.467 e. The number of aliphatic hydroxyl groups excluding tert-OH is 3. The molecule has 2 aliphatic heterocycles. The van der Waals surface area contributed by atoms with E-state index in [1.165, 1.54) is 10.8 Å². The highest BCUT2D eigenvalue weighted by molar-refractivity contribution is 5.18. The molecule has 1 aromatic rings. The highest BCUT2D eigenvalue weighted by Gasteiger charge is 2.51. The lowest BCUT2D eigenvalue weighted by molar-refractivity contribution is -0.392. The quantitative estimate of drug-likeness (QED) is 0.0849. The maximum absolute atomic E-state index is 11.3. The van der Waals surface area contributed by atoms with Gasteiger partial charge in [0.1, 0.15) is 48.5 Å². The van der Waals surface area contributed by atoms with E-state index in [1.54, 1.807) is 20.9 Å². The summed E-state index contributed by atoms with van der Waals surface area (Å²) in [5, 5.41) is 57.7. The topological polar surface area (TPSA) is 281 Å². The summed E-state index contributed by atoms with van der Waals surface area (Å²) in [5.74, 6) is 1.03. The number of nitrogens with one attached hydrogen (secondary N) is 2. The first-order chi connectivity index (χ1) is 21.3. The van der Waals surface area contributed by atoms with E-state index in [4.69, 9.17) is 41.3 Å². The molecule has 0 bridgehead atoms. The molecule has 1 aromatic heterocycles. The van der Waals surface area contributed by atoms with Crippen molar-refractivity contribution in [1.29, 1.82) is 0 Å². The summed E-state index contributed by atoms with van der Waals surface area (Å²) in [7, 11) is 1.64. The van der Waals surface area contributed by atoms with Crippen molar-refractivity contribution in [2.45, 2.75) is 107 Å². The average molecular weight is 647 g/mol. The van der Waals surface area contributed by atoms with E-state index >= 15 is 0 Å². The Hall–Kier alpha value is -2.33. The molecule has 0 radical (unpaired) electrons. The van der Waals surface area contributed by atoms with Gasteiger partial charge in [-0.15, -0.1) is 0 Å². The molecular formula is C27H50N8O10. The number of imidazole rings is 1. The van der Waals surface area contributed by atoms with Crippen LogP contribution >= 0.6 is 0 Å². The van der Waals surface area contributed by atoms with Crippen molar-refractivity contribution in [1.82, 2.24) is 20.2 Å². The molecule has 2 unspecified atom stereocenters. The van der Waals surface area contributed by atoms with Gasteiger partial charge in [0, 0.05) is 19.0 Å². The zero-order chi connectivity index (χ0) is 33.5. The number of likely N-dealkylation sites (N-methyl/N-ethyl adjacent to an activating group) is 2. The smallest absolute Gasteiger partial charge is 0.342 e. The van der Waals surface area contributed by atoms with Crippen LogP contribution in [0.15, 0.2) is 18.0 Å². The van der Waals surface area contributed by atoms with Gasteiger partial charge in [-0.25, -0.2) is 9.55 Å². The van der Waals surface area contributed by atoms with Crippen LogP contribution in [0.1, 0.15) is 32.5 Å². The third-order valence-corrected chi connectivity index (χ3v) is 8.19. The first-order valence-electron chi connectivity index (χ1n) is 15.0. The van der Waals surface area contributed by atoms with Gasteiger partial charge >= 0.3 is 5.82 Å². The van der Waals surface area contributed by atoms with Gasteiger partial charge < -0.3 is 77.3 Å². The van der Waals surface area contributed by atoms with Gasteiger partial charge in [0.2, 0.25) is 6.29 Å². The standard InChI is InChI=1S/C21H41N5O7.C6H9N3O3/c1-4-26-13-7-12(24)16(32-19-11(23)6-5-10(8-22)31-19)14(27)17(13)33-20-15(28)18(25-3)21(2,29)9-30-20;1-5-7-4-6(9(11)12)8(5)2-3-10/h5,11-20,25-29H,4,6-9,22-24H2,1-3H3;4,10H,2-3H2,1H3/t11?,12-,13+,14-,15+,16+,17-,18+,19?,20+,21-;/m0./s1. The van der Waals surface area contributed by atoms with Gasteiger partial charge in [0.05, 0.1) is 31.8 Å². The lowest BCUT2D eigenvalue weighted by Crippen LogP contribution is -2.69. The van der Waals surface area contributed by atoms with Crippen molar-refractivity contribution in [3.05, 3.63) is 34.0 Å². The fourth-order valence-electron chi connectivity index (χ4n) is 5.84. The van der Waals surface area contributed by atoms with E-state index in [1.807, 2.05) is 13.0 Å². The van der Waals surface area contributed by atoms with Crippen LogP contribution in [0, 0.1) is 17.0 Å². The molecule has 18 nitrogen and oxygen atoms in total. The number of aryl methyl sites for hydroxylation is 1. The summed E-state index contributed by atoms with van der Waals surface area (Å²) in [5.41, 5.74) is 16.9. The molecule has 1 saturated carbocycles. The fourth-order valence-corrected chi connectivity index (χ4v) is 5.84. The molecule has 12 N–H and O–H groups in total. The van der Waals surface area contributed by atoms with Crippen LogP contribution in [0.2, 0.25) is 0 Å². The Balaban J connectivity index is 0.000000385. The highest BCUT2D eigenvalue weighted by atomic mass is 16.7. The van der Waals surface area contributed by atoms with Gasteiger partial charge in [-0.3, -0.25) is 0 Å². The molecule has 0 amide bonds. The Bertz CT molecular complexity index is 1120. The minimum atomic E-state index is -1.28. The van der Waals surface area contributed by atoms with Crippen LogP contribution in [-0.2, 0) is 25.5 Å². The van der Waals surface area contributed by atoms with Gasteiger partial charge in [0.15, 0.2) is 12.1 Å². The molecule has 2 fully saturated rings. The second-order valence-corrected chi connectivity index (χ2v) is 11.6. The Labute approximate surface area is 262 Å². The van der Waals surface area contributed by atoms with E-state index < -0.39 is 65.6 Å². The van der Waals surface area contributed by atoms with Crippen molar-refractivity contribution in [2.24, 2.45) is 17.2 Å². The predicted octanol–water partition coefficient (Wildman–Crippen LogP) is -3.11. The number of hydrogen-bond donors (Lipinski definition) is 9. The summed E-state index contributed by atoms with van der Waals surface area (Å²) in [6.45, 7) is 6.04. The average Bonchev–Trinajstić information content (AvgIpc) is 3.36. The molecule has 4 rings (SSSR count). The van der Waals surface area contributed by atoms with E-state index in [-0.39, 0.29) is 38.2 Å². The van der Waals surface area contributed by atoms with Crippen molar-refractivity contribution < 1.29 is 44.3 Å². The summed E-state index contributed by atoms with van der Waals surface area (Å²) in [6.07, 6.45) is -1.87. The number of aliphatic hydroxyl groups is 4. The van der Waals surface area contributed by atoms with Crippen LogP contribution in [-0.4, -0.2) is 135 Å². The SMILES string of the molecule is CCN[C@@H]1C[C@H](N)[C@@H](OC2OC(CN)=CCC2N)[C@H](O)[C@H]1O[C@H]1OC[C@](C)(O)[C@H](NC)[C@H]1O.Cc1ncc([N+](=O)[O-])n1CCO. The molecule has 18 heteroatoms. The first kappa shape index (κ1) is 37.1. The van der Waals surface area contributed by atoms with Crippen LogP contribution < -0.4 is 27.8 Å². The molecule has 45 heavy (non-hydrogen) atoms. The van der Waals surface area contributed by atoms with Gasteiger partial charge in [-0.05, 0) is 44.4 Å². The van der Waals surface area contributed by atoms with Crippen LogP contribution in [0.5, 0.6) is 0 Å². The van der Waals surface area contributed by atoms with E-state index in [2.05, 4.69) is 15.6 Å². The number of aromatic nitrogens is 2. The summed E-state index contributed by atoms with van der Waals surface area (Å²) in [6, 6.07) is -1.95. The third-order valence-electron chi connectivity index (χ3n) is 8.19. The number of ether oxygens (including phenoxy) is 4. The van der Waals surface area contributed by atoms with Gasteiger partial charge in [0.25, 0.3) is 0 Å². The fraction of sp³-hybridized carbons (Fsp3) is 0.815. The molecule has 3 heterocycles. The van der Waals surface area contributed by atoms with E-state index in [0.29, 0.717) is 31.0 Å². The molecule has 3 aliphatic rings. The molecule has 0 spiro atoms. The first-order valence-corrected chi connectivity index (χ1v) is 15.0. The Kier molecular flexibility index (Phi) is 13.6. The minimum absolute atomic E-state index is 0.0483. The number of rotatable bonds is 11. The lowest BCUT2D eigenvalue weighted by Gasteiger charge is -2.49. The Morgan fingerprint density at radius 3 is 2.51 bits per heavy atom. The summed E-state index contributed by atoms with van der Waals surface area (Å²) >= 11 is 0. The molecular weight excluding hydrogens is 596 g/mol. The third kappa shape index (κ3) is 8.93. The predicted molar refractivity (Wildman–Crippen MR) is 160 cm³/mol. The number of nitrogens with two attached hydrogens (primary N) is 3. The maximum atomic E-state index is 11.3. The molecule has 0 aromatic carbocycles. The number of hydrogen-bond acceptors (Lipinski definition) is 16. The molecule has 1 aliphatic carbocycles. The van der Waals surface area contributed by atoms with E-state index in [9.17, 15) is 25.4 Å². The maximum Gasteiger partial charge on any atom is 0.342 e. The van der Waals surface area contributed by atoms with Gasteiger partial charge in [-0.1, -0.05) is 6.92 Å². The zero-order valence-corrected chi connectivity index (χ0v) is 26.2. The zero-order valence-electron chi connectivity index (χ0n) is 26.2. The Morgan fingerprint density at radius 2 is 1.91 bits per heavy atom. The van der Waals surface area contributed by atoms with Crippen LogP contribution in [0.25, 0.3) is 0 Å².